The van der Waals surface area contributed by atoms with Gasteiger partial charge in [-0.3, -0.25) is 14.6 Å². The van der Waals surface area contributed by atoms with E-state index in [1.165, 1.54) is 22.8 Å². The number of pyridine rings is 1. The summed E-state index contributed by atoms with van der Waals surface area (Å²) in [7, 11) is -3.63. The minimum Gasteiger partial charge on any atom is -0.348 e. The second kappa shape index (κ2) is 9.65. The highest BCUT2D eigenvalue weighted by atomic mass is 32.2. The first-order valence-electron chi connectivity index (χ1n) is 9.74. The molecule has 0 unspecified atom stereocenters. The molecule has 0 saturated carbocycles. The first kappa shape index (κ1) is 23.7. The molecule has 32 heavy (non-hydrogen) atoms. The molecule has 1 aliphatic rings. The monoisotopic (exact) mass is 470 g/mol. The standard InChI is InChI=1S/C20H21F3N4O4S/c21-20(22,23)15-3-5-16(6-4-15)26-19(29)18(28)25-12-14-7-10-27(11-8-14)32(30,31)17-2-1-9-24-13-17/h1-6,9,13-14H,7-8,10-12H2,(H,25,28)(H,26,29). The average Bonchev–Trinajstić information content (AvgIpc) is 2.78. The topological polar surface area (TPSA) is 108 Å². The first-order chi connectivity index (χ1) is 15.1. The maximum Gasteiger partial charge on any atom is 0.416 e. The summed E-state index contributed by atoms with van der Waals surface area (Å²) in [5.74, 6) is -1.94. The molecule has 8 nitrogen and oxygen atoms in total. The largest absolute Gasteiger partial charge is 0.416 e. The van der Waals surface area contributed by atoms with Crippen molar-refractivity contribution < 1.29 is 31.2 Å². The number of benzene rings is 1. The van der Waals surface area contributed by atoms with E-state index in [-0.39, 0.29) is 36.1 Å². The SMILES string of the molecule is O=C(NCC1CCN(S(=O)(=O)c2cccnc2)CC1)C(=O)Nc1ccc(C(F)(F)F)cc1. The molecule has 0 bridgehead atoms. The van der Waals surface area contributed by atoms with Gasteiger partial charge in [-0.05, 0) is 55.2 Å². The van der Waals surface area contributed by atoms with Crippen LogP contribution in [0.25, 0.3) is 0 Å². The Labute approximate surface area is 182 Å². The Morgan fingerprint density at radius 2 is 1.72 bits per heavy atom. The van der Waals surface area contributed by atoms with Crippen molar-refractivity contribution in [1.29, 1.82) is 0 Å². The van der Waals surface area contributed by atoms with E-state index in [0.29, 0.717) is 12.8 Å². The summed E-state index contributed by atoms with van der Waals surface area (Å²) >= 11 is 0. The van der Waals surface area contributed by atoms with Gasteiger partial charge in [-0.1, -0.05) is 0 Å². The molecule has 2 N–H and O–H groups in total. The normalized spacial score (nSPS) is 15.8. The molecule has 1 aromatic heterocycles. The molecule has 1 fully saturated rings. The van der Waals surface area contributed by atoms with Gasteiger partial charge < -0.3 is 10.6 Å². The molecule has 1 saturated heterocycles. The van der Waals surface area contributed by atoms with Gasteiger partial charge in [-0.2, -0.15) is 17.5 Å². The average molecular weight is 470 g/mol. The summed E-state index contributed by atoms with van der Waals surface area (Å²) < 4.78 is 64.3. The minimum absolute atomic E-state index is 0.0156. The minimum atomic E-state index is -4.49. The fraction of sp³-hybridized carbons (Fsp3) is 0.350. The smallest absolute Gasteiger partial charge is 0.348 e. The number of hydrogen-bond donors (Lipinski definition) is 2. The Morgan fingerprint density at radius 3 is 2.28 bits per heavy atom. The highest BCUT2D eigenvalue weighted by Gasteiger charge is 2.31. The molecule has 172 valence electrons. The zero-order valence-electron chi connectivity index (χ0n) is 16.8. The van der Waals surface area contributed by atoms with Gasteiger partial charge in [0.25, 0.3) is 0 Å². The summed E-state index contributed by atoms with van der Waals surface area (Å²) in [6.45, 7) is 0.727. The van der Waals surface area contributed by atoms with Crippen LogP contribution in [0.4, 0.5) is 18.9 Å². The molecule has 2 aromatic rings. The summed E-state index contributed by atoms with van der Waals surface area (Å²) in [6.07, 6.45) is -0.716. The second-order valence-corrected chi connectivity index (χ2v) is 9.21. The number of sulfonamides is 1. The summed E-state index contributed by atoms with van der Waals surface area (Å²) in [5.41, 5.74) is -0.802. The lowest BCUT2D eigenvalue weighted by Gasteiger charge is -2.31. The molecule has 3 rings (SSSR count). The van der Waals surface area contributed by atoms with Gasteiger partial charge in [0.15, 0.2) is 0 Å². The van der Waals surface area contributed by atoms with Crippen LogP contribution in [-0.4, -0.2) is 49.2 Å². The van der Waals surface area contributed by atoms with E-state index < -0.39 is 33.6 Å². The van der Waals surface area contributed by atoms with Crippen LogP contribution in [0.15, 0.2) is 53.7 Å². The number of nitrogens with one attached hydrogen (secondary N) is 2. The molecular formula is C20H21F3N4O4S. The van der Waals surface area contributed by atoms with Crippen molar-refractivity contribution in [3.05, 3.63) is 54.4 Å². The van der Waals surface area contributed by atoms with E-state index in [1.54, 1.807) is 6.07 Å². The molecule has 2 amide bonds. The maximum absolute atomic E-state index is 12.6. The van der Waals surface area contributed by atoms with Gasteiger partial charge >= 0.3 is 18.0 Å². The van der Waals surface area contributed by atoms with E-state index in [1.807, 2.05) is 0 Å². The number of nitrogens with zero attached hydrogens (tertiary/aromatic N) is 2. The van der Waals surface area contributed by atoms with E-state index >= 15 is 0 Å². The van der Waals surface area contributed by atoms with Crippen LogP contribution in [0, 0.1) is 5.92 Å². The Morgan fingerprint density at radius 1 is 1.06 bits per heavy atom. The van der Waals surface area contributed by atoms with Crippen molar-refractivity contribution in [2.75, 3.05) is 25.0 Å². The van der Waals surface area contributed by atoms with Gasteiger partial charge in [0.05, 0.1) is 5.56 Å². The molecule has 0 spiro atoms. The van der Waals surface area contributed by atoms with E-state index in [0.717, 1.165) is 24.3 Å². The van der Waals surface area contributed by atoms with Crippen LogP contribution >= 0.6 is 0 Å². The third kappa shape index (κ3) is 5.82. The number of carbonyl (C=O) groups is 2. The van der Waals surface area contributed by atoms with Crippen molar-refractivity contribution in [3.8, 4) is 0 Å². The number of alkyl halides is 3. The fourth-order valence-electron chi connectivity index (χ4n) is 3.25. The summed E-state index contributed by atoms with van der Waals surface area (Å²) in [6, 6.07) is 6.76. The lowest BCUT2D eigenvalue weighted by Crippen LogP contribution is -2.43. The first-order valence-corrected chi connectivity index (χ1v) is 11.2. The van der Waals surface area contributed by atoms with Gasteiger partial charge in [0.2, 0.25) is 10.0 Å². The Hall–Kier alpha value is -2.99. The third-order valence-electron chi connectivity index (χ3n) is 5.07. The zero-order chi connectivity index (χ0) is 23.4. The molecule has 2 heterocycles. The molecule has 0 atom stereocenters. The number of piperidine rings is 1. The fourth-order valence-corrected chi connectivity index (χ4v) is 4.68. The van der Waals surface area contributed by atoms with Crippen molar-refractivity contribution in [1.82, 2.24) is 14.6 Å². The number of halogens is 3. The van der Waals surface area contributed by atoms with Gasteiger partial charge in [-0.25, -0.2) is 8.42 Å². The van der Waals surface area contributed by atoms with E-state index in [4.69, 9.17) is 0 Å². The van der Waals surface area contributed by atoms with E-state index in [9.17, 15) is 31.2 Å². The van der Waals surface area contributed by atoms with Crippen LogP contribution in [0.1, 0.15) is 18.4 Å². The maximum atomic E-state index is 12.6. The number of anilines is 1. The molecule has 0 aliphatic carbocycles. The number of carbonyl (C=O) groups excluding carboxylic acids is 2. The number of hydrogen-bond acceptors (Lipinski definition) is 5. The molecule has 1 aliphatic heterocycles. The number of amides is 2. The quantitative estimate of drug-likeness (QED) is 0.652. The van der Waals surface area contributed by atoms with Gasteiger partial charge in [0.1, 0.15) is 4.90 Å². The molecular weight excluding hydrogens is 449 g/mol. The predicted octanol–water partition coefficient (Wildman–Crippen LogP) is 2.26. The molecule has 1 aromatic carbocycles. The third-order valence-corrected chi connectivity index (χ3v) is 6.96. The van der Waals surface area contributed by atoms with Crippen LogP contribution in [0.3, 0.4) is 0 Å². The molecule has 12 heteroatoms. The van der Waals surface area contributed by atoms with E-state index in [2.05, 4.69) is 15.6 Å². The second-order valence-electron chi connectivity index (χ2n) is 7.28. The lowest BCUT2D eigenvalue weighted by molar-refractivity contribution is -0.137. The highest BCUT2D eigenvalue weighted by Crippen LogP contribution is 2.29. The summed E-state index contributed by atoms with van der Waals surface area (Å²) in [4.78, 5) is 27.9. The lowest BCUT2D eigenvalue weighted by atomic mass is 9.98. The molecule has 0 radical (unpaired) electrons. The van der Waals surface area contributed by atoms with Crippen LogP contribution in [-0.2, 0) is 25.8 Å². The number of aromatic nitrogens is 1. The van der Waals surface area contributed by atoms with Crippen molar-refractivity contribution in [2.45, 2.75) is 23.9 Å². The predicted molar refractivity (Wildman–Crippen MR) is 109 cm³/mol. The van der Waals surface area contributed by atoms with Gasteiger partial charge in [0, 0.05) is 37.7 Å². The zero-order valence-corrected chi connectivity index (χ0v) is 17.6. The van der Waals surface area contributed by atoms with Crippen LogP contribution < -0.4 is 10.6 Å². The Balaban J connectivity index is 1.45. The number of rotatable bonds is 5. The Kier molecular flexibility index (Phi) is 7.14. The van der Waals surface area contributed by atoms with Crippen LogP contribution in [0.2, 0.25) is 0 Å². The summed E-state index contributed by atoms with van der Waals surface area (Å²) in [5, 5.41) is 4.73. The van der Waals surface area contributed by atoms with Crippen LogP contribution in [0.5, 0.6) is 0 Å². The van der Waals surface area contributed by atoms with Crippen molar-refractivity contribution in [3.63, 3.8) is 0 Å². The van der Waals surface area contributed by atoms with Crippen molar-refractivity contribution in [2.24, 2.45) is 5.92 Å². The Bertz CT molecular complexity index is 1050. The van der Waals surface area contributed by atoms with Crippen molar-refractivity contribution >= 4 is 27.5 Å². The highest BCUT2D eigenvalue weighted by molar-refractivity contribution is 7.89. The van der Waals surface area contributed by atoms with Gasteiger partial charge in [-0.15, -0.1) is 0 Å².